The van der Waals surface area contributed by atoms with Crippen LogP contribution < -0.4 is 5.32 Å². The second-order valence-electron chi connectivity index (χ2n) is 8.38. The van der Waals surface area contributed by atoms with Crippen LogP contribution in [0.5, 0.6) is 0 Å². The summed E-state index contributed by atoms with van der Waals surface area (Å²) in [4.78, 5) is 12.0. The molecule has 0 atom stereocenters. The van der Waals surface area contributed by atoms with Crippen LogP contribution in [0.25, 0.3) is 0 Å². The predicted molar refractivity (Wildman–Crippen MR) is 121 cm³/mol. The normalized spacial score (nSPS) is 11.4. The van der Waals surface area contributed by atoms with E-state index in [0.717, 1.165) is 11.3 Å². The Morgan fingerprint density at radius 3 is 2.25 bits per heavy atom. The van der Waals surface area contributed by atoms with E-state index in [1.807, 2.05) is 26.8 Å². The number of methoxy groups -OCH3 is 1. The van der Waals surface area contributed by atoms with Gasteiger partial charge < -0.3 is 19.5 Å². The third-order valence-electron chi connectivity index (χ3n) is 4.67. The van der Waals surface area contributed by atoms with E-state index in [4.69, 9.17) is 14.2 Å². The van der Waals surface area contributed by atoms with Crippen molar-refractivity contribution in [1.29, 1.82) is 0 Å². The summed E-state index contributed by atoms with van der Waals surface area (Å²) in [7, 11) is 1.59. The first-order valence-corrected chi connectivity index (χ1v) is 10.5. The van der Waals surface area contributed by atoms with Gasteiger partial charge in [0.1, 0.15) is 12.4 Å². The number of benzene rings is 2. The highest BCUT2D eigenvalue weighted by Gasteiger charge is 2.18. The number of hydrogen-bond donors (Lipinski definition) is 2. The fourth-order valence-electron chi connectivity index (χ4n) is 2.92. The third-order valence-corrected chi connectivity index (χ3v) is 4.67. The van der Waals surface area contributed by atoms with E-state index in [1.54, 1.807) is 37.4 Å². The zero-order chi connectivity index (χ0) is 23.6. The molecule has 176 valence electrons. The topological polar surface area (TPSA) is 80.3 Å². The van der Waals surface area contributed by atoms with Gasteiger partial charge >= 0.3 is 0 Å². The van der Waals surface area contributed by atoms with Crippen molar-refractivity contribution in [2.45, 2.75) is 32.7 Å². The van der Waals surface area contributed by atoms with Crippen LogP contribution in [0, 0.1) is 5.82 Å². The van der Waals surface area contributed by atoms with Crippen LogP contribution in [-0.2, 0) is 31.0 Å². The quantitative estimate of drug-likeness (QED) is 0.287. The summed E-state index contributed by atoms with van der Waals surface area (Å²) in [6.07, 6.45) is 0. The molecule has 2 aromatic carbocycles. The molecule has 0 radical (unpaired) electrons. The Morgan fingerprint density at radius 2 is 1.62 bits per heavy atom. The van der Waals surface area contributed by atoms with Crippen LogP contribution in [0.4, 0.5) is 15.8 Å². The minimum absolute atomic E-state index is 0.0295. The number of nitrogens with zero attached hydrogens (tertiary/aromatic N) is 1. The Labute approximate surface area is 189 Å². The Balaban J connectivity index is 1.79. The molecule has 2 N–H and O–H groups in total. The van der Waals surface area contributed by atoms with Gasteiger partial charge in [-0.2, -0.15) is 0 Å². The zero-order valence-corrected chi connectivity index (χ0v) is 19.2. The summed E-state index contributed by atoms with van der Waals surface area (Å²) in [5.74, 6) is -0.796. The minimum Gasteiger partial charge on any atom is -0.382 e. The molecule has 8 heteroatoms. The number of anilines is 2. The lowest BCUT2D eigenvalue weighted by molar-refractivity contribution is -0.173. The first-order chi connectivity index (χ1) is 15.2. The highest BCUT2D eigenvalue weighted by Crippen LogP contribution is 2.28. The van der Waals surface area contributed by atoms with E-state index in [2.05, 4.69) is 5.32 Å². The molecule has 0 spiro atoms. The number of ether oxygens (including phenoxy) is 3. The van der Waals surface area contributed by atoms with Crippen molar-refractivity contribution in [2.75, 3.05) is 45.5 Å². The van der Waals surface area contributed by atoms with Crippen LogP contribution in [0.1, 0.15) is 31.9 Å². The van der Waals surface area contributed by atoms with Crippen molar-refractivity contribution < 1.29 is 28.6 Å². The second-order valence-corrected chi connectivity index (χ2v) is 8.38. The number of carbonyl (C=O) groups is 1. The molecule has 0 aliphatic heterocycles. The fourth-order valence-corrected chi connectivity index (χ4v) is 2.92. The highest BCUT2D eigenvalue weighted by molar-refractivity contribution is 5.76. The Kier molecular flexibility index (Phi) is 10.1. The maximum absolute atomic E-state index is 14.4. The average Bonchev–Trinajstić information content (AvgIpc) is 2.73. The minimum atomic E-state index is -0.543. The SMILES string of the molecule is COCCOCCOCC(=O)N(O)Cc1ccc(Nc2ccc(C(C)(C)C)c(F)c2)cc1. The summed E-state index contributed by atoms with van der Waals surface area (Å²) < 4.78 is 29.7. The Hall–Kier alpha value is -2.52. The molecule has 2 aromatic rings. The number of amides is 1. The predicted octanol–water partition coefficient (Wildman–Crippen LogP) is 4.26. The second kappa shape index (κ2) is 12.5. The maximum atomic E-state index is 14.4. The molecule has 0 aliphatic rings. The monoisotopic (exact) mass is 448 g/mol. The molecular weight excluding hydrogens is 415 g/mol. The summed E-state index contributed by atoms with van der Waals surface area (Å²) in [5.41, 5.74) is 2.55. The Bertz CT molecular complexity index is 852. The molecule has 0 aliphatic carbocycles. The number of rotatable bonds is 12. The number of hydrogen-bond acceptors (Lipinski definition) is 6. The van der Waals surface area contributed by atoms with Crippen LogP contribution >= 0.6 is 0 Å². The lowest BCUT2D eigenvalue weighted by Crippen LogP contribution is -2.31. The van der Waals surface area contributed by atoms with Crippen molar-refractivity contribution in [1.82, 2.24) is 5.06 Å². The maximum Gasteiger partial charge on any atom is 0.272 e. The molecule has 0 fully saturated rings. The Morgan fingerprint density at radius 1 is 1.00 bits per heavy atom. The van der Waals surface area contributed by atoms with Crippen LogP contribution in [0.15, 0.2) is 42.5 Å². The number of hydroxylamine groups is 2. The van der Waals surface area contributed by atoms with Crippen LogP contribution in [-0.4, -0.2) is 56.3 Å². The van der Waals surface area contributed by atoms with Crippen LogP contribution in [0.2, 0.25) is 0 Å². The average molecular weight is 449 g/mol. The molecule has 7 nitrogen and oxygen atoms in total. The molecule has 0 saturated carbocycles. The third kappa shape index (κ3) is 8.55. The highest BCUT2D eigenvalue weighted by atomic mass is 19.1. The zero-order valence-electron chi connectivity index (χ0n) is 19.2. The summed E-state index contributed by atoms with van der Waals surface area (Å²) >= 11 is 0. The molecule has 2 rings (SSSR count). The molecule has 0 aromatic heterocycles. The largest absolute Gasteiger partial charge is 0.382 e. The molecule has 0 saturated heterocycles. The standard InChI is InChI=1S/C24H33FN2O5/c1-24(2,3)21-10-9-20(15-22(21)25)26-19-7-5-18(6-8-19)16-27(29)23(28)17-32-14-13-31-12-11-30-4/h5-10,15,26,29H,11-14,16-17H2,1-4H3. The van der Waals surface area contributed by atoms with Crippen LogP contribution in [0.3, 0.4) is 0 Å². The number of nitrogens with one attached hydrogen (secondary N) is 1. The number of halogens is 1. The van der Waals surface area contributed by atoms with E-state index < -0.39 is 5.91 Å². The lowest BCUT2D eigenvalue weighted by atomic mass is 9.86. The van der Waals surface area contributed by atoms with Gasteiger partial charge in [0, 0.05) is 18.5 Å². The van der Waals surface area contributed by atoms with Crippen molar-refractivity contribution in [3.8, 4) is 0 Å². The van der Waals surface area contributed by atoms with E-state index in [9.17, 15) is 14.4 Å². The molecule has 0 bridgehead atoms. The van der Waals surface area contributed by atoms with Crippen molar-refractivity contribution >= 4 is 17.3 Å². The first kappa shape index (κ1) is 25.7. The van der Waals surface area contributed by atoms with Gasteiger partial charge in [-0.1, -0.05) is 39.0 Å². The molecule has 32 heavy (non-hydrogen) atoms. The molecule has 0 heterocycles. The lowest BCUT2D eigenvalue weighted by Gasteiger charge is -2.20. The molecular formula is C24H33FN2O5. The van der Waals surface area contributed by atoms with Crippen molar-refractivity contribution in [3.05, 3.63) is 59.4 Å². The van der Waals surface area contributed by atoms with E-state index >= 15 is 0 Å². The van der Waals surface area contributed by atoms with Gasteiger partial charge in [0.15, 0.2) is 0 Å². The van der Waals surface area contributed by atoms with Gasteiger partial charge in [0.2, 0.25) is 0 Å². The van der Waals surface area contributed by atoms with Gasteiger partial charge in [-0.3, -0.25) is 10.0 Å². The summed E-state index contributed by atoms with van der Waals surface area (Å²) in [6, 6.07) is 12.3. The van der Waals surface area contributed by atoms with E-state index in [0.29, 0.717) is 36.1 Å². The van der Waals surface area contributed by atoms with E-state index in [1.165, 1.54) is 6.07 Å². The fraction of sp³-hybridized carbons (Fsp3) is 0.458. The summed E-state index contributed by atoms with van der Waals surface area (Å²) in [6.45, 7) is 7.26. The van der Waals surface area contributed by atoms with Gasteiger partial charge in [0.05, 0.1) is 33.0 Å². The molecule has 0 unspecified atom stereocenters. The van der Waals surface area contributed by atoms with Gasteiger partial charge in [0.25, 0.3) is 5.91 Å². The van der Waals surface area contributed by atoms with Crippen molar-refractivity contribution in [3.63, 3.8) is 0 Å². The summed E-state index contributed by atoms with van der Waals surface area (Å²) in [5, 5.41) is 13.7. The molecule has 1 amide bonds. The van der Waals surface area contributed by atoms with Gasteiger partial charge in [-0.15, -0.1) is 0 Å². The number of carbonyl (C=O) groups excluding carboxylic acids is 1. The van der Waals surface area contributed by atoms with Gasteiger partial charge in [-0.05, 0) is 40.8 Å². The first-order valence-electron chi connectivity index (χ1n) is 10.5. The van der Waals surface area contributed by atoms with Gasteiger partial charge in [-0.25, -0.2) is 9.45 Å². The smallest absolute Gasteiger partial charge is 0.272 e. The van der Waals surface area contributed by atoms with E-state index in [-0.39, 0.29) is 31.0 Å². The van der Waals surface area contributed by atoms with Crippen molar-refractivity contribution in [2.24, 2.45) is 0 Å².